The van der Waals surface area contributed by atoms with Gasteiger partial charge in [0.1, 0.15) is 11.1 Å². The standard InChI is InChI=1S/C15H13ClN4S/c1-9(2)14-12(8-17)20-15(18-14)21-13(19-20)7-10-3-5-11(16)6-4-10/h3-6,9H,7H2,1-2H3. The van der Waals surface area contributed by atoms with Crippen molar-refractivity contribution in [2.24, 2.45) is 0 Å². The third-order valence-corrected chi connectivity index (χ3v) is 4.35. The fraction of sp³-hybridized carbons (Fsp3) is 0.267. The maximum atomic E-state index is 9.32. The van der Waals surface area contributed by atoms with Crippen molar-refractivity contribution in [3.05, 3.63) is 51.2 Å². The molecule has 0 atom stereocenters. The van der Waals surface area contributed by atoms with E-state index >= 15 is 0 Å². The molecular weight excluding hydrogens is 304 g/mol. The minimum atomic E-state index is 0.216. The van der Waals surface area contributed by atoms with E-state index in [2.05, 4.69) is 16.2 Å². The Morgan fingerprint density at radius 1 is 1.33 bits per heavy atom. The van der Waals surface area contributed by atoms with Crippen LogP contribution < -0.4 is 0 Å². The largest absolute Gasteiger partial charge is 0.221 e. The Kier molecular flexibility index (Phi) is 3.66. The minimum Gasteiger partial charge on any atom is -0.221 e. The average Bonchev–Trinajstić information content (AvgIpc) is 2.98. The number of rotatable bonds is 3. The highest BCUT2D eigenvalue weighted by Gasteiger charge is 2.18. The Hall–Kier alpha value is -1.90. The normalized spacial score (nSPS) is 11.2. The van der Waals surface area contributed by atoms with Crippen molar-refractivity contribution in [1.82, 2.24) is 14.6 Å². The van der Waals surface area contributed by atoms with Crippen LogP contribution in [-0.4, -0.2) is 14.6 Å². The lowest BCUT2D eigenvalue weighted by molar-refractivity contribution is 0.819. The van der Waals surface area contributed by atoms with E-state index in [-0.39, 0.29) is 5.92 Å². The summed E-state index contributed by atoms with van der Waals surface area (Å²) in [6, 6.07) is 9.91. The molecule has 0 unspecified atom stereocenters. The van der Waals surface area contributed by atoms with E-state index in [4.69, 9.17) is 11.6 Å². The van der Waals surface area contributed by atoms with Gasteiger partial charge in [-0.1, -0.05) is 48.9 Å². The van der Waals surface area contributed by atoms with E-state index in [9.17, 15) is 5.26 Å². The van der Waals surface area contributed by atoms with E-state index in [1.165, 1.54) is 11.3 Å². The van der Waals surface area contributed by atoms with E-state index in [0.717, 1.165) is 26.2 Å². The van der Waals surface area contributed by atoms with Gasteiger partial charge in [0.15, 0.2) is 5.69 Å². The van der Waals surface area contributed by atoms with Crippen LogP contribution in [0.2, 0.25) is 5.02 Å². The summed E-state index contributed by atoms with van der Waals surface area (Å²) < 4.78 is 1.66. The summed E-state index contributed by atoms with van der Waals surface area (Å²) in [4.78, 5) is 5.31. The molecule has 3 rings (SSSR count). The van der Waals surface area contributed by atoms with Crippen LogP contribution in [-0.2, 0) is 6.42 Å². The molecule has 0 spiro atoms. The van der Waals surface area contributed by atoms with Gasteiger partial charge in [0.25, 0.3) is 0 Å². The molecule has 0 aliphatic heterocycles. The Morgan fingerprint density at radius 3 is 2.67 bits per heavy atom. The highest BCUT2D eigenvalue weighted by Crippen LogP contribution is 2.25. The number of benzene rings is 1. The smallest absolute Gasteiger partial charge is 0.213 e. The number of aromatic nitrogens is 3. The number of nitrogens with zero attached hydrogens (tertiary/aromatic N) is 4. The number of nitriles is 1. The monoisotopic (exact) mass is 316 g/mol. The first-order valence-corrected chi connectivity index (χ1v) is 7.81. The highest BCUT2D eigenvalue weighted by atomic mass is 35.5. The lowest BCUT2D eigenvalue weighted by atomic mass is 10.1. The molecule has 0 aliphatic rings. The van der Waals surface area contributed by atoms with E-state index in [1.807, 2.05) is 38.1 Å². The van der Waals surface area contributed by atoms with E-state index in [1.54, 1.807) is 4.52 Å². The van der Waals surface area contributed by atoms with Gasteiger partial charge in [-0.3, -0.25) is 0 Å². The van der Waals surface area contributed by atoms with Crippen LogP contribution in [0, 0.1) is 11.3 Å². The second-order valence-corrected chi connectivity index (χ2v) is 6.58. The predicted molar refractivity (Wildman–Crippen MR) is 83.9 cm³/mol. The maximum absolute atomic E-state index is 9.32. The van der Waals surface area contributed by atoms with Crippen LogP contribution in [0.5, 0.6) is 0 Å². The molecule has 1 aromatic carbocycles. The summed E-state index contributed by atoms with van der Waals surface area (Å²) in [7, 11) is 0. The number of imidazole rings is 1. The molecule has 0 saturated carbocycles. The third-order valence-electron chi connectivity index (χ3n) is 3.19. The third kappa shape index (κ3) is 2.65. The maximum Gasteiger partial charge on any atom is 0.213 e. The molecule has 0 bridgehead atoms. The van der Waals surface area contributed by atoms with E-state index < -0.39 is 0 Å². The zero-order chi connectivity index (χ0) is 15.0. The summed E-state index contributed by atoms with van der Waals surface area (Å²) in [5.41, 5.74) is 2.49. The van der Waals surface area contributed by atoms with Gasteiger partial charge in [0.2, 0.25) is 4.96 Å². The van der Waals surface area contributed by atoms with Crippen LogP contribution in [0.3, 0.4) is 0 Å². The molecule has 6 heteroatoms. The van der Waals surface area contributed by atoms with Crippen LogP contribution in [0.15, 0.2) is 24.3 Å². The molecular formula is C15H13ClN4S. The van der Waals surface area contributed by atoms with Crippen molar-refractivity contribution in [2.75, 3.05) is 0 Å². The molecule has 0 aliphatic carbocycles. The van der Waals surface area contributed by atoms with Crippen LogP contribution in [0.25, 0.3) is 4.96 Å². The van der Waals surface area contributed by atoms with Gasteiger partial charge in [-0.05, 0) is 23.6 Å². The van der Waals surface area contributed by atoms with Crippen molar-refractivity contribution in [2.45, 2.75) is 26.2 Å². The molecule has 0 radical (unpaired) electrons. The summed E-state index contributed by atoms with van der Waals surface area (Å²) in [5, 5.41) is 15.5. The Balaban J connectivity index is 1.97. The van der Waals surface area contributed by atoms with Gasteiger partial charge in [0, 0.05) is 11.4 Å². The molecule has 3 aromatic rings. The van der Waals surface area contributed by atoms with Crippen molar-refractivity contribution < 1.29 is 0 Å². The topological polar surface area (TPSA) is 54.0 Å². The zero-order valence-electron chi connectivity index (χ0n) is 11.7. The molecule has 4 nitrogen and oxygen atoms in total. The van der Waals surface area contributed by atoms with Gasteiger partial charge in [-0.15, -0.1) is 0 Å². The van der Waals surface area contributed by atoms with Crippen molar-refractivity contribution in [3.8, 4) is 6.07 Å². The molecule has 0 saturated heterocycles. The van der Waals surface area contributed by atoms with Gasteiger partial charge in [0.05, 0.1) is 5.69 Å². The van der Waals surface area contributed by atoms with Crippen molar-refractivity contribution in [3.63, 3.8) is 0 Å². The van der Waals surface area contributed by atoms with Gasteiger partial charge in [-0.2, -0.15) is 14.9 Å². The first kappa shape index (κ1) is 14.1. The Bertz CT molecular complexity index is 824. The molecule has 0 N–H and O–H groups in total. The lowest BCUT2D eigenvalue weighted by Gasteiger charge is -1.99. The highest BCUT2D eigenvalue weighted by molar-refractivity contribution is 7.16. The fourth-order valence-corrected chi connectivity index (χ4v) is 3.22. The molecule has 21 heavy (non-hydrogen) atoms. The summed E-state index contributed by atoms with van der Waals surface area (Å²) in [6.45, 7) is 4.06. The number of hydrogen-bond donors (Lipinski definition) is 0. The van der Waals surface area contributed by atoms with Crippen LogP contribution >= 0.6 is 22.9 Å². The summed E-state index contributed by atoms with van der Waals surface area (Å²) >= 11 is 7.41. The molecule has 2 aromatic heterocycles. The first-order chi connectivity index (χ1) is 10.1. The van der Waals surface area contributed by atoms with Crippen LogP contribution in [0.1, 0.15) is 41.7 Å². The van der Waals surface area contributed by atoms with E-state index in [0.29, 0.717) is 12.1 Å². The lowest BCUT2D eigenvalue weighted by Crippen LogP contribution is -1.96. The predicted octanol–water partition coefficient (Wildman–Crippen LogP) is 4.03. The number of fused-ring (bicyclic) bond motifs is 1. The number of hydrogen-bond acceptors (Lipinski definition) is 4. The quantitative estimate of drug-likeness (QED) is 0.733. The van der Waals surface area contributed by atoms with Crippen LogP contribution in [0.4, 0.5) is 0 Å². The second kappa shape index (κ2) is 5.47. The average molecular weight is 317 g/mol. The molecule has 2 heterocycles. The van der Waals surface area contributed by atoms with Crippen molar-refractivity contribution >= 4 is 27.9 Å². The van der Waals surface area contributed by atoms with Gasteiger partial charge < -0.3 is 0 Å². The fourth-order valence-electron chi connectivity index (χ4n) is 2.16. The molecule has 0 amide bonds. The first-order valence-electron chi connectivity index (χ1n) is 6.61. The SMILES string of the molecule is CC(C)c1nc2sc(Cc3ccc(Cl)cc3)nn2c1C#N. The Morgan fingerprint density at radius 2 is 2.05 bits per heavy atom. The molecule has 106 valence electrons. The summed E-state index contributed by atoms with van der Waals surface area (Å²) in [6.07, 6.45) is 0.715. The van der Waals surface area contributed by atoms with Crippen molar-refractivity contribution in [1.29, 1.82) is 5.26 Å². The van der Waals surface area contributed by atoms with Gasteiger partial charge >= 0.3 is 0 Å². The summed E-state index contributed by atoms with van der Waals surface area (Å²) in [5.74, 6) is 0.216. The minimum absolute atomic E-state index is 0.216. The van der Waals surface area contributed by atoms with Gasteiger partial charge in [-0.25, -0.2) is 4.98 Å². The number of halogens is 1. The second-order valence-electron chi connectivity index (χ2n) is 5.11. The molecule has 0 fully saturated rings. The Labute approximate surface area is 131 Å². The zero-order valence-corrected chi connectivity index (χ0v) is 13.2.